The molecule has 0 aromatic heterocycles. The van der Waals surface area contributed by atoms with E-state index in [1.165, 1.54) is 0 Å². The molecule has 3 heteroatoms. The van der Waals surface area contributed by atoms with Gasteiger partial charge in [0.05, 0.1) is 5.60 Å². The van der Waals surface area contributed by atoms with Crippen LogP contribution in [0.25, 0.3) is 0 Å². The van der Waals surface area contributed by atoms with Gasteiger partial charge in [-0.1, -0.05) is 6.92 Å². The Hall–Kier alpha value is -0.570. The average molecular weight is 143 g/mol. The van der Waals surface area contributed by atoms with Crippen LogP contribution in [-0.4, -0.2) is 24.7 Å². The summed E-state index contributed by atoms with van der Waals surface area (Å²) in [6.07, 6.45) is 0.938. The molecule has 1 rings (SSSR count). The molecular weight excluding hydrogens is 130 g/mol. The third kappa shape index (κ3) is 1.48. The van der Waals surface area contributed by atoms with E-state index in [-0.39, 0.29) is 18.1 Å². The van der Waals surface area contributed by atoms with Gasteiger partial charge in [-0.05, 0) is 13.3 Å². The van der Waals surface area contributed by atoms with Crippen molar-refractivity contribution in [2.45, 2.75) is 25.9 Å². The highest BCUT2D eigenvalue weighted by Gasteiger charge is 2.28. The van der Waals surface area contributed by atoms with Gasteiger partial charge in [0.2, 0.25) is 5.91 Å². The van der Waals surface area contributed by atoms with Crippen LogP contribution >= 0.6 is 0 Å². The number of nitrogens with one attached hydrogen (secondary N) is 1. The van der Waals surface area contributed by atoms with E-state index in [0.29, 0.717) is 6.54 Å². The van der Waals surface area contributed by atoms with Crippen molar-refractivity contribution in [3.05, 3.63) is 0 Å². The first kappa shape index (κ1) is 7.54. The largest absolute Gasteiger partial charge is 0.364 e. The number of rotatable bonds is 1. The smallest absolute Gasteiger partial charge is 0.246 e. The first-order chi connectivity index (χ1) is 4.66. The highest BCUT2D eigenvalue weighted by atomic mass is 16.5. The summed E-state index contributed by atoms with van der Waals surface area (Å²) in [7, 11) is 0. The lowest BCUT2D eigenvalue weighted by Gasteiger charge is -2.32. The minimum absolute atomic E-state index is 0.00840. The van der Waals surface area contributed by atoms with Gasteiger partial charge in [-0.3, -0.25) is 4.79 Å². The van der Waals surface area contributed by atoms with Crippen LogP contribution in [0.15, 0.2) is 0 Å². The molecule has 58 valence electrons. The summed E-state index contributed by atoms with van der Waals surface area (Å²) in [6.45, 7) is 4.91. The third-order valence-corrected chi connectivity index (χ3v) is 1.96. The molecule has 3 nitrogen and oxygen atoms in total. The molecule has 0 saturated carbocycles. The lowest BCUT2D eigenvalue weighted by Crippen LogP contribution is -2.50. The highest BCUT2D eigenvalue weighted by molar-refractivity contribution is 5.77. The maximum atomic E-state index is 10.6. The summed E-state index contributed by atoms with van der Waals surface area (Å²) in [6, 6.07) is 0. The van der Waals surface area contributed by atoms with Crippen LogP contribution in [0.4, 0.5) is 0 Å². The summed E-state index contributed by atoms with van der Waals surface area (Å²) < 4.78 is 5.31. The zero-order valence-electron chi connectivity index (χ0n) is 6.44. The molecule has 0 spiro atoms. The molecule has 1 N–H and O–H groups in total. The summed E-state index contributed by atoms with van der Waals surface area (Å²) in [5.41, 5.74) is -0.131. The zero-order valence-corrected chi connectivity index (χ0v) is 6.44. The van der Waals surface area contributed by atoms with Crippen LogP contribution in [0, 0.1) is 0 Å². The Morgan fingerprint density at radius 1 is 1.80 bits per heavy atom. The lowest BCUT2D eigenvalue weighted by atomic mass is 10.0. The van der Waals surface area contributed by atoms with E-state index < -0.39 is 0 Å². The van der Waals surface area contributed by atoms with Crippen molar-refractivity contribution in [3.63, 3.8) is 0 Å². The number of ether oxygens (including phenoxy) is 1. The number of amides is 1. The lowest BCUT2D eigenvalue weighted by molar-refractivity contribution is -0.141. The maximum Gasteiger partial charge on any atom is 0.246 e. The second kappa shape index (κ2) is 2.58. The minimum Gasteiger partial charge on any atom is -0.364 e. The third-order valence-electron chi connectivity index (χ3n) is 1.96. The Morgan fingerprint density at radius 3 is 2.90 bits per heavy atom. The Bertz CT molecular complexity index is 135. The van der Waals surface area contributed by atoms with Crippen molar-refractivity contribution < 1.29 is 9.53 Å². The fourth-order valence-electron chi connectivity index (χ4n) is 0.854. The quantitative estimate of drug-likeness (QED) is 0.573. The Labute approximate surface area is 60.7 Å². The summed E-state index contributed by atoms with van der Waals surface area (Å²) in [4.78, 5) is 10.6. The molecule has 0 radical (unpaired) electrons. The molecule has 1 atom stereocenters. The Morgan fingerprint density at radius 2 is 2.50 bits per heavy atom. The first-order valence-corrected chi connectivity index (χ1v) is 3.57. The van der Waals surface area contributed by atoms with Crippen LogP contribution in [0.3, 0.4) is 0 Å². The van der Waals surface area contributed by atoms with E-state index in [1.54, 1.807) is 0 Å². The van der Waals surface area contributed by atoms with Gasteiger partial charge in [-0.2, -0.15) is 0 Å². The summed E-state index contributed by atoms with van der Waals surface area (Å²) in [5.74, 6) is -0.00840. The molecule has 0 aromatic rings. The van der Waals surface area contributed by atoms with E-state index >= 15 is 0 Å². The molecule has 0 aliphatic carbocycles. The van der Waals surface area contributed by atoms with Crippen LogP contribution in [0.2, 0.25) is 0 Å². The number of hydrogen-bond donors (Lipinski definition) is 1. The van der Waals surface area contributed by atoms with Gasteiger partial charge < -0.3 is 10.1 Å². The molecule has 1 amide bonds. The summed E-state index contributed by atoms with van der Waals surface area (Å²) in [5, 5.41) is 2.76. The molecular formula is C7H13NO2. The van der Waals surface area contributed by atoms with E-state index in [4.69, 9.17) is 4.74 Å². The number of hydrogen-bond acceptors (Lipinski definition) is 2. The molecule has 1 saturated heterocycles. The normalized spacial score (nSPS) is 33.6. The van der Waals surface area contributed by atoms with Crippen LogP contribution in [-0.2, 0) is 9.53 Å². The predicted octanol–water partition coefficient (Wildman–Crippen LogP) is 0.301. The van der Waals surface area contributed by atoms with Crippen molar-refractivity contribution in [2.24, 2.45) is 0 Å². The fraction of sp³-hybridized carbons (Fsp3) is 0.857. The van der Waals surface area contributed by atoms with Gasteiger partial charge in [-0.25, -0.2) is 0 Å². The van der Waals surface area contributed by atoms with Gasteiger partial charge in [0.15, 0.2) is 0 Å². The monoisotopic (exact) mass is 143 g/mol. The highest BCUT2D eigenvalue weighted by Crippen LogP contribution is 2.15. The summed E-state index contributed by atoms with van der Waals surface area (Å²) >= 11 is 0. The standard InChI is InChI=1S/C7H13NO2/c1-3-7(2)5-8-6(9)4-10-7/h3-5H2,1-2H3,(H,8,9). The molecule has 10 heavy (non-hydrogen) atoms. The van der Waals surface area contributed by atoms with Gasteiger partial charge >= 0.3 is 0 Å². The second-order valence-corrected chi connectivity index (χ2v) is 2.87. The van der Waals surface area contributed by atoms with E-state index in [2.05, 4.69) is 12.2 Å². The molecule has 1 aliphatic rings. The van der Waals surface area contributed by atoms with Crippen molar-refractivity contribution >= 4 is 5.91 Å². The number of morpholine rings is 1. The van der Waals surface area contributed by atoms with Gasteiger partial charge in [0.25, 0.3) is 0 Å². The second-order valence-electron chi connectivity index (χ2n) is 2.87. The molecule has 1 fully saturated rings. The first-order valence-electron chi connectivity index (χ1n) is 3.57. The number of carbonyl (C=O) groups is 1. The van der Waals surface area contributed by atoms with Crippen LogP contribution in [0.1, 0.15) is 20.3 Å². The van der Waals surface area contributed by atoms with E-state index in [9.17, 15) is 4.79 Å². The van der Waals surface area contributed by atoms with Crippen LogP contribution in [0.5, 0.6) is 0 Å². The zero-order chi connectivity index (χ0) is 7.61. The molecule has 1 unspecified atom stereocenters. The van der Waals surface area contributed by atoms with Crippen molar-refractivity contribution in [1.82, 2.24) is 5.32 Å². The van der Waals surface area contributed by atoms with Gasteiger partial charge in [0.1, 0.15) is 6.61 Å². The van der Waals surface area contributed by atoms with Crippen LogP contribution < -0.4 is 5.32 Å². The molecule has 1 aliphatic heterocycles. The molecule has 0 aromatic carbocycles. The average Bonchev–Trinajstić information content (AvgIpc) is 1.96. The Balaban J connectivity index is 2.46. The van der Waals surface area contributed by atoms with Crippen molar-refractivity contribution in [3.8, 4) is 0 Å². The van der Waals surface area contributed by atoms with Gasteiger partial charge in [0, 0.05) is 6.54 Å². The fourth-order valence-corrected chi connectivity index (χ4v) is 0.854. The van der Waals surface area contributed by atoms with E-state index in [1.807, 2.05) is 6.92 Å². The maximum absolute atomic E-state index is 10.6. The topological polar surface area (TPSA) is 38.3 Å². The molecule has 0 bridgehead atoms. The van der Waals surface area contributed by atoms with E-state index in [0.717, 1.165) is 6.42 Å². The van der Waals surface area contributed by atoms with Crippen molar-refractivity contribution in [2.75, 3.05) is 13.2 Å². The SMILES string of the molecule is CCC1(C)CNC(=O)CO1. The van der Waals surface area contributed by atoms with Crippen molar-refractivity contribution in [1.29, 1.82) is 0 Å². The molecule has 1 heterocycles. The van der Waals surface area contributed by atoms with Gasteiger partial charge in [-0.15, -0.1) is 0 Å². The Kier molecular flexibility index (Phi) is 1.94. The minimum atomic E-state index is -0.131. The predicted molar refractivity (Wildman–Crippen MR) is 37.7 cm³/mol. The number of carbonyl (C=O) groups excluding carboxylic acids is 1.